The molecule has 0 N–H and O–H groups in total. The van der Waals surface area contributed by atoms with Crippen LogP contribution in [0.2, 0.25) is 0 Å². The van der Waals surface area contributed by atoms with Crippen LogP contribution in [0, 0.1) is 6.54 Å². The Labute approximate surface area is 121 Å². The molecule has 0 amide bonds. The van der Waals surface area contributed by atoms with Gasteiger partial charge in [0, 0.05) is 13.3 Å². The van der Waals surface area contributed by atoms with Crippen LogP contribution in [0.3, 0.4) is 0 Å². The second-order valence-electron chi connectivity index (χ2n) is 4.29. The average Bonchev–Trinajstić information content (AvgIpc) is 2.43. The molecular weight excluding hydrogens is 252 g/mol. The van der Waals surface area contributed by atoms with Crippen LogP contribution in [0.4, 0.5) is 0 Å². The van der Waals surface area contributed by atoms with E-state index in [9.17, 15) is 0 Å². The van der Waals surface area contributed by atoms with Gasteiger partial charge in [0.1, 0.15) is 7.05 Å². The number of hydrogen-bond acceptors (Lipinski definition) is 3. The zero-order valence-corrected chi connectivity index (χ0v) is 12.4. The minimum absolute atomic E-state index is 0.195. The Balaban J connectivity index is 2.48. The molecule has 0 unspecified atom stereocenters. The molecule has 1 rings (SSSR count). The number of nitrogens with zero attached hydrogens (tertiary/aromatic N) is 2. The highest BCUT2D eigenvalue weighted by molar-refractivity contribution is 5.78. The van der Waals surface area contributed by atoms with Crippen molar-refractivity contribution in [3.63, 3.8) is 0 Å². The predicted octanol–water partition coefficient (Wildman–Crippen LogP) is 2.54. The van der Waals surface area contributed by atoms with E-state index in [0.717, 1.165) is 16.9 Å². The molecule has 0 saturated carbocycles. The Morgan fingerprint density at radius 2 is 2.20 bits per heavy atom. The Morgan fingerprint density at radius 1 is 1.45 bits per heavy atom. The molecule has 0 aliphatic carbocycles. The topological polar surface area (TPSA) is 33.8 Å². The highest BCUT2D eigenvalue weighted by Crippen LogP contribution is 2.19. The first kappa shape index (κ1) is 16.0. The number of para-hydroxylation sites is 1. The quantitative estimate of drug-likeness (QED) is 0.240. The third kappa shape index (κ3) is 5.71. The number of allylic oxidation sites excluding steroid dienone is 1. The summed E-state index contributed by atoms with van der Waals surface area (Å²) in [4.78, 5) is 3.96. The standard InChI is InChI=1S/C16H22N2O2/c1-5-14(10-17-2)12-19-13-20-16-9-7-6-8-15(16)11-18(3)4/h5-11H,3,12-13H2,1-2,4H3/b14-5-,17-10?. The van der Waals surface area contributed by atoms with Crippen molar-refractivity contribution in [3.05, 3.63) is 48.0 Å². The third-order valence-electron chi connectivity index (χ3n) is 2.51. The summed E-state index contributed by atoms with van der Waals surface area (Å²) >= 11 is 0. The molecule has 0 radical (unpaired) electrons. The smallest absolute Gasteiger partial charge is 0.178 e. The Morgan fingerprint density at radius 3 is 2.85 bits per heavy atom. The molecular formula is C16H22N2O2. The van der Waals surface area contributed by atoms with Gasteiger partial charge in [-0.25, -0.2) is 0 Å². The lowest BCUT2D eigenvalue weighted by molar-refractivity contribution is -0.438. The van der Waals surface area contributed by atoms with Crippen LogP contribution in [0.5, 0.6) is 5.75 Å². The normalized spacial score (nSPS) is 11.7. The minimum Gasteiger partial charge on any atom is -0.512 e. The molecule has 0 saturated heterocycles. The SMILES string of the molecule is C=[N+](C)[CH-]c1ccccc1OCOC/C(C=NC)=C\C. The molecule has 0 heterocycles. The lowest BCUT2D eigenvalue weighted by Gasteiger charge is -2.15. The second-order valence-corrected chi connectivity index (χ2v) is 4.29. The third-order valence-corrected chi connectivity index (χ3v) is 2.51. The summed E-state index contributed by atoms with van der Waals surface area (Å²) in [5.74, 6) is 0.772. The van der Waals surface area contributed by atoms with Gasteiger partial charge in [0.2, 0.25) is 0 Å². The van der Waals surface area contributed by atoms with Crippen molar-refractivity contribution in [1.29, 1.82) is 0 Å². The maximum Gasteiger partial charge on any atom is 0.178 e. The van der Waals surface area contributed by atoms with Gasteiger partial charge in [-0.15, -0.1) is 12.1 Å². The van der Waals surface area contributed by atoms with Crippen molar-refractivity contribution in [1.82, 2.24) is 0 Å². The first-order valence-corrected chi connectivity index (χ1v) is 6.42. The van der Waals surface area contributed by atoms with E-state index in [-0.39, 0.29) is 6.79 Å². The monoisotopic (exact) mass is 274 g/mol. The molecule has 0 aliphatic rings. The van der Waals surface area contributed by atoms with Gasteiger partial charge in [0.15, 0.2) is 6.79 Å². The van der Waals surface area contributed by atoms with Crippen LogP contribution in [-0.4, -0.2) is 45.0 Å². The van der Waals surface area contributed by atoms with Gasteiger partial charge >= 0.3 is 0 Å². The zero-order chi connectivity index (χ0) is 14.8. The van der Waals surface area contributed by atoms with Crippen molar-refractivity contribution in [2.45, 2.75) is 6.92 Å². The molecule has 4 nitrogen and oxygen atoms in total. The van der Waals surface area contributed by atoms with Crippen molar-refractivity contribution >= 4 is 12.9 Å². The number of hydrogen-bond donors (Lipinski definition) is 0. The molecule has 0 bridgehead atoms. The van der Waals surface area contributed by atoms with Crippen LogP contribution in [0.1, 0.15) is 12.5 Å². The number of ether oxygens (including phenoxy) is 2. The fourth-order valence-corrected chi connectivity index (χ4v) is 1.58. The Hall–Kier alpha value is -2.07. The Bertz CT molecular complexity index is 493. The minimum atomic E-state index is 0.195. The Kier molecular flexibility index (Phi) is 7.14. The van der Waals surface area contributed by atoms with Crippen molar-refractivity contribution in [3.8, 4) is 5.75 Å². The molecule has 1 aromatic carbocycles. The maximum atomic E-state index is 5.63. The average molecular weight is 274 g/mol. The molecule has 0 spiro atoms. The summed E-state index contributed by atoms with van der Waals surface area (Å²) in [6.07, 6.45) is 3.74. The molecule has 0 aliphatic heterocycles. The molecule has 4 heteroatoms. The number of rotatable bonds is 8. The maximum absolute atomic E-state index is 5.63. The molecule has 108 valence electrons. The van der Waals surface area contributed by atoms with Gasteiger partial charge in [0.05, 0.1) is 25.6 Å². The van der Waals surface area contributed by atoms with Crippen LogP contribution in [0.15, 0.2) is 40.9 Å². The lowest BCUT2D eigenvalue weighted by atomic mass is 10.2. The van der Waals surface area contributed by atoms with Gasteiger partial charge < -0.3 is 9.47 Å². The van der Waals surface area contributed by atoms with Gasteiger partial charge in [0.25, 0.3) is 0 Å². The zero-order valence-electron chi connectivity index (χ0n) is 12.4. The van der Waals surface area contributed by atoms with E-state index in [1.807, 2.05) is 50.9 Å². The highest BCUT2D eigenvalue weighted by Gasteiger charge is 2.00. The van der Waals surface area contributed by atoms with Gasteiger partial charge in [-0.05, 0) is 18.1 Å². The summed E-state index contributed by atoms with van der Waals surface area (Å²) in [7, 11) is 3.61. The molecule has 0 atom stereocenters. The molecule has 20 heavy (non-hydrogen) atoms. The second kappa shape index (κ2) is 8.93. The molecule has 1 aromatic rings. The van der Waals surface area contributed by atoms with Gasteiger partial charge in [-0.2, -0.15) is 0 Å². The number of benzene rings is 1. The molecule has 0 fully saturated rings. The van der Waals surface area contributed by atoms with E-state index in [4.69, 9.17) is 9.47 Å². The van der Waals surface area contributed by atoms with E-state index in [0.29, 0.717) is 6.61 Å². The summed E-state index contributed by atoms with van der Waals surface area (Å²) in [5, 5.41) is 0. The lowest BCUT2D eigenvalue weighted by Crippen LogP contribution is -2.08. The summed E-state index contributed by atoms with van der Waals surface area (Å²) in [5.41, 5.74) is 1.99. The fourth-order valence-electron chi connectivity index (χ4n) is 1.58. The van der Waals surface area contributed by atoms with Gasteiger partial charge in [-0.1, -0.05) is 18.2 Å². The van der Waals surface area contributed by atoms with Crippen LogP contribution >= 0.6 is 0 Å². The van der Waals surface area contributed by atoms with E-state index in [1.165, 1.54) is 0 Å². The summed E-state index contributed by atoms with van der Waals surface area (Å²) in [6.45, 7) is 8.32. The van der Waals surface area contributed by atoms with Crippen LogP contribution in [0.25, 0.3) is 0 Å². The van der Waals surface area contributed by atoms with Crippen molar-refractivity contribution < 1.29 is 14.0 Å². The van der Waals surface area contributed by atoms with Crippen LogP contribution < -0.4 is 4.74 Å². The highest BCUT2D eigenvalue weighted by atomic mass is 16.7. The number of aliphatic imine (C=N–C) groups is 1. The summed E-state index contributed by atoms with van der Waals surface area (Å²) < 4.78 is 12.8. The van der Waals surface area contributed by atoms with Crippen molar-refractivity contribution in [2.75, 3.05) is 27.5 Å². The van der Waals surface area contributed by atoms with E-state index < -0.39 is 0 Å². The fraction of sp³-hybridized carbons (Fsp3) is 0.312. The van der Waals surface area contributed by atoms with E-state index in [2.05, 4.69) is 11.7 Å². The van der Waals surface area contributed by atoms with E-state index in [1.54, 1.807) is 17.8 Å². The van der Waals surface area contributed by atoms with Crippen molar-refractivity contribution in [2.24, 2.45) is 4.99 Å². The van der Waals surface area contributed by atoms with E-state index >= 15 is 0 Å². The largest absolute Gasteiger partial charge is 0.512 e. The molecule has 0 aromatic heterocycles. The summed E-state index contributed by atoms with van der Waals surface area (Å²) in [6, 6.07) is 7.76. The van der Waals surface area contributed by atoms with Crippen LogP contribution in [-0.2, 0) is 4.74 Å². The van der Waals surface area contributed by atoms with Gasteiger partial charge in [-0.3, -0.25) is 9.57 Å². The first-order valence-electron chi connectivity index (χ1n) is 6.42. The predicted molar refractivity (Wildman–Crippen MR) is 82.8 cm³/mol. The first-order chi connectivity index (χ1) is 9.67.